The van der Waals surface area contributed by atoms with Crippen molar-refractivity contribution in [2.45, 2.75) is 109 Å². The van der Waals surface area contributed by atoms with Crippen LogP contribution in [0, 0.1) is 0 Å². The second-order valence-electron chi connectivity index (χ2n) is 14.0. The monoisotopic (exact) mass is 586 g/mol. The Balaban J connectivity index is 1.66. The third kappa shape index (κ3) is 6.05. The fourth-order valence-corrected chi connectivity index (χ4v) is 6.62. The fourth-order valence-electron chi connectivity index (χ4n) is 4.28. The minimum Gasteiger partial charge on any atom is -0.414 e. The highest BCUT2D eigenvalue weighted by atomic mass is 28.4. The van der Waals surface area contributed by atoms with Crippen molar-refractivity contribution < 1.29 is 18.7 Å². The van der Waals surface area contributed by atoms with Crippen LogP contribution in [0.3, 0.4) is 0 Å². The van der Waals surface area contributed by atoms with Crippen LogP contribution < -0.4 is 5.56 Å². The Kier molecular flexibility index (Phi) is 8.41. The SMILES string of the molecule is CC(C)(C)[Si](C)(C)OC[C@H]1O[C@@H](n2cnc3c(=O)n(Cc4ccccc4)cnc32)[C@H](O)[C@@H]1O[Si](C)(C)C(C)(C)C. The standard InChI is InChI=1S/C29H46N4O5Si2/c1-28(2,3)39(7,8)36-17-21-24(38-40(9,10)29(4,5)6)23(34)27(37-21)33-19-30-22-25(33)31-18-32(26(22)35)16-20-14-12-11-13-15-20/h11-15,18-19,21,23-24,27,34H,16-17H2,1-10H3/t21-,23-,24-,27-/m1/s1. The van der Waals surface area contributed by atoms with Crippen LogP contribution in [0.2, 0.25) is 36.3 Å². The van der Waals surface area contributed by atoms with Crippen molar-refractivity contribution in [2.24, 2.45) is 0 Å². The van der Waals surface area contributed by atoms with Gasteiger partial charge in [-0.15, -0.1) is 0 Å². The van der Waals surface area contributed by atoms with Crippen LogP contribution in [0.5, 0.6) is 0 Å². The zero-order valence-corrected chi connectivity index (χ0v) is 27.6. The largest absolute Gasteiger partial charge is 0.414 e. The van der Waals surface area contributed by atoms with Gasteiger partial charge in [0.15, 0.2) is 34.0 Å². The van der Waals surface area contributed by atoms with Crippen LogP contribution >= 0.6 is 0 Å². The molecule has 2 aromatic heterocycles. The maximum atomic E-state index is 13.3. The lowest BCUT2D eigenvalue weighted by Gasteiger charge is -2.41. The Hall–Kier alpha value is -2.16. The number of aromatic nitrogens is 4. The molecule has 0 radical (unpaired) electrons. The first-order chi connectivity index (χ1) is 18.4. The number of benzene rings is 1. The van der Waals surface area contributed by atoms with Crippen LogP contribution in [0.25, 0.3) is 11.2 Å². The number of ether oxygens (including phenoxy) is 1. The summed E-state index contributed by atoms with van der Waals surface area (Å²) >= 11 is 0. The predicted octanol–water partition coefficient (Wildman–Crippen LogP) is 5.31. The second-order valence-corrected chi connectivity index (χ2v) is 23.5. The van der Waals surface area contributed by atoms with Gasteiger partial charge in [-0.1, -0.05) is 71.9 Å². The summed E-state index contributed by atoms with van der Waals surface area (Å²) in [5, 5.41) is 11.6. The Morgan fingerprint density at radius 2 is 1.57 bits per heavy atom. The molecule has 3 aromatic rings. The number of rotatable bonds is 8. The summed E-state index contributed by atoms with van der Waals surface area (Å²) in [6.45, 7) is 22.6. The number of hydrogen-bond donors (Lipinski definition) is 1. The molecule has 0 aliphatic carbocycles. The molecule has 0 unspecified atom stereocenters. The zero-order valence-electron chi connectivity index (χ0n) is 25.6. The van der Waals surface area contributed by atoms with E-state index in [4.69, 9.17) is 13.6 Å². The van der Waals surface area contributed by atoms with E-state index in [1.165, 1.54) is 12.7 Å². The van der Waals surface area contributed by atoms with Crippen molar-refractivity contribution in [1.29, 1.82) is 0 Å². The number of aliphatic hydroxyl groups excluding tert-OH is 1. The molecule has 4 rings (SSSR count). The van der Waals surface area contributed by atoms with Gasteiger partial charge in [-0.25, -0.2) is 9.97 Å². The fraction of sp³-hybridized carbons (Fsp3) is 0.621. The summed E-state index contributed by atoms with van der Waals surface area (Å²) < 4.78 is 23.0. The van der Waals surface area contributed by atoms with Gasteiger partial charge in [-0.2, -0.15) is 0 Å². The highest BCUT2D eigenvalue weighted by Crippen LogP contribution is 2.43. The number of imidazole rings is 1. The first kappa shape index (κ1) is 30.8. The van der Waals surface area contributed by atoms with Gasteiger partial charge in [0.2, 0.25) is 0 Å². The first-order valence-electron chi connectivity index (χ1n) is 14.0. The molecule has 3 heterocycles. The summed E-state index contributed by atoms with van der Waals surface area (Å²) in [4.78, 5) is 22.3. The van der Waals surface area contributed by atoms with Crippen LogP contribution in [0.4, 0.5) is 0 Å². The van der Waals surface area contributed by atoms with Gasteiger partial charge < -0.3 is 18.7 Å². The van der Waals surface area contributed by atoms with E-state index in [1.54, 1.807) is 9.13 Å². The van der Waals surface area contributed by atoms with E-state index in [1.807, 2.05) is 30.3 Å². The van der Waals surface area contributed by atoms with Gasteiger partial charge in [-0.3, -0.25) is 13.9 Å². The maximum absolute atomic E-state index is 13.3. The summed E-state index contributed by atoms with van der Waals surface area (Å²) in [5.74, 6) is 0. The molecule has 11 heteroatoms. The molecule has 4 atom stereocenters. The van der Waals surface area contributed by atoms with Gasteiger partial charge in [0, 0.05) is 0 Å². The van der Waals surface area contributed by atoms with Crippen molar-refractivity contribution in [2.75, 3.05) is 6.61 Å². The summed E-state index contributed by atoms with van der Waals surface area (Å²) in [6.07, 6.45) is 0.169. The predicted molar refractivity (Wildman–Crippen MR) is 162 cm³/mol. The molecule has 0 amide bonds. The van der Waals surface area contributed by atoms with E-state index in [9.17, 15) is 9.90 Å². The minimum atomic E-state index is -2.26. The molecule has 1 aromatic carbocycles. The molecule has 1 N–H and O–H groups in total. The van der Waals surface area contributed by atoms with Crippen molar-refractivity contribution in [3.63, 3.8) is 0 Å². The van der Waals surface area contributed by atoms with E-state index >= 15 is 0 Å². The summed E-state index contributed by atoms with van der Waals surface area (Å²) in [5.41, 5.74) is 1.36. The average molecular weight is 587 g/mol. The minimum absolute atomic E-state index is 0.0313. The van der Waals surface area contributed by atoms with Crippen molar-refractivity contribution >= 4 is 27.8 Å². The number of hydrogen-bond acceptors (Lipinski definition) is 7. The van der Waals surface area contributed by atoms with E-state index in [-0.39, 0.29) is 21.2 Å². The Labute approximate surface area is 239 Å². The van der Waals surface area contributed by atoms with Crippen molar-refractivity contribution in [3.05, 3.63) is 58.9 Å². The molecule has 220 valence electrons. The van der Waals surface area contributed by atoms with E-state index in [0.717, 1.165) is 5.56 Å². The van der Waals surface area contributed by atoms with Crippen LogP contribution in [-0.4, -0.2) is 65.8 Å². The van der Waals surface area contributed by atoms with Crippen LogP contribution in [-0.2, 0) is 20.1 Å². The maximum Gasteiger partial charge on any atom is 0.281 e. The smallest absolute Gasteiger partial charge is 0.281 e. The normalized spacial score (nSPS) is 22.8. The molecule has 0 bridgehead atoms. The first-order valence-corrected chi connectivity index (χ1v) is 19.9. The summed E-state index contributed by atoms with van der Waals surface area (Å²) in [6, 6.07) is 9.74. The zero-order chi connectivity index (χ0) is 29.7. The average Bonchev–Trinajstić information content (AvgIpc) is 3.40. The lowest BCUT2D eigenvalue weighted by atomic mass is 10.1. The van der Waals surface area contributed by atoms with Gasteiger partial charge in [0.05, 0.1) is 19.5 Å². The Bertz CT molecular complexity index is 1380. The molecular formula is C29H46N4O5Si2. The van der Waals surface area contributed by atoms with Crippen LogP contribution in [0.1, 0.15) is 53.3 Å². The highest BCUT2D eigenvalue weighted by Gasteiger charge is 2.51. The molecule has 1 aliphatic rings. The van der Waals surface area contributed by atoms with E-state index in [0.29, 0.717) is 18.8 Å². The number of nitrogens with zero attached hydrogens (tertiary/aromatic N) is 4. The van der Waals surface area contributed by atoms with Gasteiger partial charge in [0.25, 0.3) is 5.56 Å². The third-order valence-electron chi connectivity index (χ3n) is 8.98. The molecule has 9 nitrogen and oxygen atoms in total. The Morgan fingerprint density at radius 1 is 0.950 bits per heavy atom. The molecule has 40 heavy (non-hydrogen) atoms. The van der Waals surface area contributed by atoms with Gasteiger partial charge in [-0.05, 0) is 41.8 Å². The highest BCUT2D eigenvalue weighted by molar-refractivity contribution is 6.74. The molecular weight excluding hydrogens is 541 g/mol. The quantitative estimate of drug-likeness (QED) is 0.357. The molecule has 1 aliphatic heterocycles. The lowest BCUT2D eigenvalue weighted by Crippen LogP contribution is -2.51. The van der Waals surface area contributed by atoms with Crippen LogP contribution in [0.15, 0.2) is 47.8 Å². The van der Waals surface area contributed by atoms with Gasteiger partial charge in [0.1, 0.15) is 24.6 Å². The van der Waals surface area contributed by atoms with Crippen molar-refractivity contribution in [3.8, 4) is 0 Å². The van der Waals surface area contributed by atoms with Gasteiger partial charge >= 0.3 is 0 Å². The van der Waals surface area contributed by atoms with E-state index in [2.05, 4.69) is 77.7 Å². The third-order valence-corrected chi connectivity index (χ3v) is 18.0. The van der Waals surface area contributed by atoms with Crippen molar-refractivity contribution in [1.82, 2.24) is 19.1 Å². The molecule has 1 fully saturated rings. The second kappa shape index (κ2) is 10.9. The topological polar surface area (TPSA) is 101 Å². The molecule has 0 saturated carbocycles. The lowest BCUT2D eigenvalue weighted by molar-refractivity contribution is -0.0487. The molecule has 0 spiro atoms. The number of fused-ring (bicyclic) bond motifs is 1. The Morgan fingerprint density at radius 3 is 2.17 bits per heavy atom. The van der Waals surface area contributed by atoms with E-state index < -0.39 is 41.2 Å². The summed E-state index contributed by atoms with van der Waals surface area (Å²) in [7, 11) is -4.34. The molecule has 1 saturated heterocycles. The number of aliphatic hydroxyl groups is 1.